The van der Waals surface area contributed by atoms with Gasteiger partial charge in [-0.15, -0.1) is 0 Å². The fourth-order valence-electron chi connectivity index (χ4n) is 2.45. The van der Waals surface area contributed by atoms with E-state index in [2.05, 4.69) is 20.8 Å². The lowest BCUT2D eigenvalue weighted by Gasteiger charge is -2.29. The average Bonchev–Trinajstić information content (AvgIpc) is 2.63. The molecule has 0 aromatic heterocycles. The summed E-state index contributed by atoms with van der Waals surface area (Å²) in [6.07, 6.45) is 0. The Morgan fingerprint density at radius 1 is 1.20 bits per heavy atom. The van der Waals surface area contributed by atoms with E-state index in [1.165, 1.54) is 0 Å². The molecule has 0 radical (unpaired) electrons. The third-order valence-corrected chi connectivity index (χ3v) is 5.25. The summed E-state index contributed by atoms with van der Waals surface area (Å²) in [5.74, 6) is -0.172. The SMILES string of the molecule is O=C(Oc1ccc(C(=S)N2CCOCC2)cc1Cl)c1ccccc1Br. The molecule has 1 fully saturated rings. The van der Waals surface area contributed by atoms with E-state index in [1.807, 2.05) is 12.1 Å². The van der Waals surface area contributed by atoms with Crippen molar-refractivity contribution in [1.29, 1.82) is 0 Å². The number of carbonyl (C=O) groups excluding carboxylic acids is 1. The molecule has 0 N–H and O–H groups in total. The Morgan fingerprint density at radius 2 is 1.92 bits per heavy atom. The van der Waals surface area contributed by atoms with Gasteiger partial charge in [-0.1, -0.05) is 36.0 Å². The predicted octanol–water partition coefficient (Wildman–Crippen LogP) is 4.33. The number of hydrogen-bond acceptors (Lipinski definition) is 4. The monoisotopic (exact) mass is 439 g/mol. The van der Waals surface area contributed by atoms with Crippen LogP contribution in [0.3, 0.4) is 0 Å². The predicted molar refractivity (Wildman–Crippen MR) is 105 cm³/mol. The highest BCUT2D eigenvalue weighted by molar-refractivity contribution is 9.10. The van der Waals surface area contributed by atoms with Gasteiger partial charge in [0.05, 0.1) is 23.8 Å². The Hall–Kier alpha value is -1.47. The summed E-state index contributed by atoms with van der Waals surface area (Å²) in [5.41, 5.74) is 1.26. The fraction of sp³-hybridized carbons (Fsp3) is 0.222. The van der Waals surface area contributed by atoms with Crippen molar-refractivity contribution >= 4 is 50.7 Å². The summed E-state index contributed by atoms with van der Waals surface area (Å²) >= 11 is 15.2. The first-order valence-corrected chi connectivity index (χ1v) is 9.27. The highest BCUT2D eigenvalue weighted by Crippen LogP contribution is 2.28. The summed E-state index contributed by atoms with van der Waals surface area (Å²) in [6.45, 7) is 2.84. The van der Waals surface area contributed by atoms with Gasteiger partial charge in [-0.05, 0) is 46.3 Å². The molecule has 4 nitrogen and oxygen atoms in total. The molecule has 2 aromatic rings. The van der Waals surface area contributed by atoms with E-state index in [1.54, 1.807) is 30.3 Å². The zero-order valence-corrected chi connectivity index (χ0v) is 16.4. The Kier molecular flexibility index (Phi) is 6.06. The van der Waals surface area contributed by atoms with Gasteiger partial charge in [-0.2, -0.15) is 0 Å². The highest BCUT2D eigenvalue weighted by Gasteiger charge is 2.18. The first kappa shape index (κ1) is 18.3. The standard InChI is InChI=1S/C18H15BrClNO3S/c19-14-4-2-1-3-13(14)18(22)24-16-6-5-12(11-15(16)20)17(25)21-7-9-23-10-8-21/h1-6,11H,7-10H2. The van der Waals surface area contributed by atoms with Gasteiger partial charge in [0.25, 0.3) is 0 Å². The number of hydrogen-bond donors (Lipinski definition) is 0. The van der Waals surface area contributed by atoms with Crippen molar-refractivity contribution in [1.82, 2.24) is 4.90 Å². The molecule has 130 valence electrons. The van der Waals surface area contributed by atoms with Gasteiger partial charge in [-0.3, -0.25) is 0 Å². The molecule has 2 aromatic carbocycles. The molecule has 3 rings (SSSR count). The minimum absolute atomic E-state index is 0.302. The molecule has 0 unspecified atom stereocenters. The lowest BCUT2D eigenvalue weighted by atomic mass is 10.2. The molecule has 0 aliphatic carbocycles. The summed E-state index contributed by atoms with van der Waals surface area (Å²) in [4.78, 5) is 15.1. The molecule has 1 saturated heterocycles. The number of rotatable bonds is 3. The van der Waals surface area contributed by atoms with Crippen LogP contribution in [0.4, 0.5) is 0 Å². The van der Waals surface area contributed by atoms with Gasteiger partial charge in [-0.25, -0.2) is 4.79 Å². The van der Waals surface area contributed by atoms with Crippen LogP contribution in [0.2, 0.25) is 5.02 Å². The van der Waals surface area contributed by atoms with Crippen LogP contribution in [-0.2, 0) is 4.74 Å². The number of nitrogens with zero attached hydrogens (tertiary/aromatic N) is 1. The van der Waals surface area contributed by atoms with Crippen molar-refractivity contribution in [3.8, 4) is 5.75 Å². The number of morpholine rings is 1. The summed E-state index contributed by atoms with van der Waals surface area (Å²) < 4.78 is 11.4. The van der Waals surface area contributed by atoms with Gasteiger partial charge in [0, 0.05) is 23.1 Å². The molecule has 25 heavy (non-hydrogen) atoms. The van der Waals surface area contributed by atoms with E-state index in [-0.39, 0.29) is 0 Å². The fourth-order valence-corrected chi connectivity index (χ4v) is 3.42. The second kappa shape index (κ2) is 8.27. The smallest absolute Gasteiger partial charge is 0.344 e. The molecule has 0 amide bonds. The Labute approximate surface area is 164 Å². The lowest BCUT2D eigenvalue weighted by molar-refractivity contribution is 0.0692. The van der Waals surface area contributed by atoms with Gasteiger partial charge in [0.1, 0.15) is 10.7 Å². The summed E-state index contributed by atoms with van der Waals surface area (Å²) in [6, 6.07) is 12.3. The second-order valence-corrected chi connectivity index (χ2v) is 7.07. The van der Waals surface area contributed by atoms with E-state index >= 15 is 0 Å². The van der Waals surface area contributed by atoms with Crippen molar-refractivity contribution in [3.63, 3.8) is 0 Å². The van der Waals surface area contributed by atoms with E-state index < -0.39 is 5.97 Å². The van der Waals surface area contributed by atoms with E-state index in [4.69, 9.17) is 33.3 Å². The minimum atomic E-state index is -0.474. The van der Waals surface area contributed by atoms with Crippen LogP contribution in [0.25, 0.3) is 0 Å². The van der Waals surface area contributed by atoms with Gasteiger partial charge in [0.2, 0.25) is 0 Å². The van der Waals surface area contributed by atoms with Crippen LogP contribution < -0.4 is 4.74 Å². The number of halogens is 2. The zero-order valence-electron chi connectivity index (χ0n) is 13.2. The molecular weight excluding hydrogens is 426 g/mol. The zero-order chi connectivity index (χ0) is 17.8. The third-order valence-electron chi connectivity index (χ3n) is 3.77. The Bertz CT molecular complexity index is 809. The van der Waals surface area contributed by atoms with Crippen molar-refractivity contribution < 1.29 is 14.3 Å². The summed E-state index contributed by atoms with van der Waals surface area (Å²) in [7, 11) is 0. The molecular formula is C18H15BrClNO3S. The van der Waals surface area contributed by atoms with Crippen LogP contribution in [0.5, 0.6) is 5.75 Å². The molecule has 1 aliphatic rings. The quantitative estimate of drug-likeness (QED) is 0.403. The molecule has 0 atom stereocenters. The minimum Gasteiger partial charge on any atom is -0.421 e. The van der Waals surface area contributed by atoms with Gasteiger partial charge >= 0.3 is 5.97 Å². The number of carbonyl (C=O) groups is 1. The summed E-state index contributed by atoms with van der Waals surface area (Å²) in [5, 5.41) is 0.341. The maximum atomic E-state index is 12.3. The first-order chi connectivity index (χ1) is 12.1. The van der Waals surface area contributed by atoms with Crippen molar-refractivity contribution in [3.05, 3.63) is 63.1 Å². The largest absolute Gasteiger partial charge is 0.421 e. The molecule has 1 aliphatic heterocycles. The van der Waals surface area contributed by atoms with Crippen molar-refractivity contribution in [2.24, 2.45) is 0 Å². The topological polar surface area (TPSA) is 38.8 Å². The Morgan fingerprint density at radius 3 is 2.60 bits per heavy atom. The number of esters is 1. The van der Waals surface area contributed by atoms with Crippen LogP contribution in [0, 0.1) is 0 Å². The molecule has 0 spiro atoms. The van der Waals surface area contributed by atoms with E-state index in [0.29, 0.717) is 39.0 Å². The van der Waals surface area contributed by atoms with Crippen LogP contribution >= 0.6 is 39.7 Å². The molecule has 1 heterocycles. The molecule has 7 heteroatoms. The van der Waals surface area contributed by atoms with Gasteiger partial charge < -0.3 is 14.4 Å². The second-order valence-electron chi connectivity index (χ2n) is 5.42. The lowest BCUT2D eigenvalue weighted by Crippen LogP contribution is -2.40. The van der Waals surface area contributed by atoms with Crippen LogP contribution in [0.15, 0.2) is 46.9 Å². The Balaban J connectivity index is 1.75. The maximum absolute atomic E-state index is 12.3. The van der Waals surface area contributed by atoms with E-state index in [9.17, 15) is 4.79 Å². The van der Waals surface area contributed by atoms with E-state index in [0.717, 1.165) is 18.7 Å². The number of benzene rings is 2. The average molecular weight is 441 g/mol. The van der Waals surface area contributed by atoms with Crippen molar-refractivity contribution in [2.45, 2.75) is 0 Å². The third kappa shape index (κ3) is 4.39. The van der Waals surface area contributed by atoms with Gasteiger partial charge in [0.15, 0.2) is 0 Å². The van der Waals surface area contributed by atoms with Crippen LogP contribution in [0.1, 0.15) is 15.9 Å². The van der Waals surface area contributed by atoms with Crippen LogP contribution in [-0.4, -0.2) is 42.2 Å². The van der Waals surface area contributed by atoms with Crippen molar-refractivity contribution in [2.75, 3.05) is 26.3 Å². The maximum Gasteiger partial charge on any atom is 0.344 e. The molecule has 0 bridgehead atoms. The normalized spacial score (nSPS) is 14.2. The highest BCUT2D eigenvalue weighted by atomic mass is 79.9. The first-order valence-electron chi connectivity index (χ1n) is 7.69. The number of ether oxygens (including phenoxy) is 2. The number of thiocarbonyl (C=S) groups is 1. The molecule has 0 saturated carbocycles.